The number of aromatic nitrogens is 1. The molecule has 0 atom stereocenters. The number of aliphatic hydroxyl groups excluding tert-OH is 1. The molecule has 0 bridgehead atoms. The van der Waals surface area contributed by atoms with Crippen molar-refractivity contribution >= 4 is 17.1 Å². The minimum absolute atomic E-state index is 0.112. The summed E-state index contributed by atoms with van der Waals surface area (Å²) in [7, 11) is 0. The summed E-state index contributed by atoms with van der Waals surface area (Å²) in [5.41, 5.74) is 4.04. The van der Waals surface area contributed by atoms with E-state index in [1.807, 2.05) is 36.4 Å². The molecule has 1 aliphatic rings. The van der Waals surface area contributed by atoms with Gasteiger partial charge < -0.3 is 14.4 Å². The zero-order chi connectivity index (χ0) is 18.5. The highest BCUT2D eigenvalue weighted by Gasteiger charge is 2.21. The first kappa shape index (κ1) is 17.6. The van der Waals surface area contributed by atoms with Gasteiger partial charge in [-0.15, -0.1) is 0 Å². The van der Waals surface area contributed by atoms with Crippen LogP contribution in [0.5, 0.6) is 0 Å². The molecule has 2 heterocycles. The first-order valence-electron chi connectivity index (χ1n) is 9.33. The van der Waals surface area contributed by atoms with Gasteiger partial charge in [0.25, 0.3) is 6.01 Å². The minimum Gasteiger partial charge on any atom is -0.423 e. The van der Waals surface area contributed by atoms with Crippen LogP contribution in [0.2, 0.25) is 0 Å². The molecule has 5 heteroatoms. The monoisotopic (exact) mass is 361 g/mol. The number of hydrogen-bond acceptors (Lipinski definition) is 5. The fourth-order valence-corrected chi connectivity index (χ4v) is 3.26. The Balaban J connectivity index is 1.32. The van der Waals surface area contributed by atoms with Crippen LogP contribution in [0.1, 0.15) is 17.5 Å². The van der Waals surface area contributed by atoms with E-state index in [1.54, 1.807) is 0 Å². The standard InChI is InChI=1S/C22H23N3O2/c26-16-4-3-5-18-8-10-19(11-9-18)17-24-12-14-25(15-13-24)22-23-20-6-1-2-7-21(20)27-22/h1-2,6-11,26H,4,12-17H2. The summed E-state index contributed by atoms with van der Waals surface area (Å²) in [6.45, 7) is 4.84. The zero-order valence-corrected chi connectivity index (χ0v) is 15.3. The molecule has 1 aromatic heterocycles. The van der Waals surface area contributed by atoms with E-state index < -0.39 is 0 Å². The number of fused-ring (bicyclic) bond motifs is 1. The predicted molar refractivity (Wildman–Crippen MR) is 107 cm³/mol. The van der Waals surface area contributed by atoms with Gasteiger partial charge in [-0.05, 0) is 29.8 Å². The summed E-state index contributed by atoms with van der Waals surface area (Å²) in [6, 6.07) is 17.0. The van der Waals surface area contributed by atoms with E-state index in [2.05, 4.69) is 38.8 Å². The van der Waals surface area contributed by atoms with E-state index in [4.69, 9.17) is 9.52 Å². The van der Waals surface area contributed by atoms with Crippen molar-refractivity contribution in [2.24, 2.45) is 0 Å². The topological polar surface area (TPSA) is 52.7 Å². The molecule has 0 radical (unpaired) electrons. The minimum atomic E-state index is 0.112. The molecule has 1 fully saturated rings. The number of rotatable bonds is 4. The lowest BCUT2D eigenvalue weighted by Gasteiger charge is -2.33. The van der Waals surface area contributed by atoms with Crippen molar-refractivity contribution in [3.05, 3.63) is 59.7 Å². The van der Waals surface area contributed by atoms with E-state index in [-0.39, 0.29) is 6.61 Å². The maximum absolute atomic E-state index is 8.78. The van der Waals surface area contributed by atoms with Crippen LogP contribution >= 0.6 is 0 Å². The molecule has 1 aliphatic heterocycles. The molecule has 3 aromatic rings. The van der Waals surface area contributed by atoms with Gasteiger partial charge in [0.2, 0.25) is 0 Å². The van der Waals surface area contributed by atoms with Gasteiger partial charge in [0.05, 0.1) is 6.61 Å². The Hall–Kier alpha value is -2.81. The van der Waals surface area contributed by atoms with E-state index in [0.29, 0.717) is 6.42 Å². The van der Waals surface area contributed by atoms with Crippen LogP contribution in [0.15, 0.2) is 52.9 Å². The van der Waals surface area contributed by atoms with Crippen molar-refractivity contribution < 1.29 is 9.52 Å². The van der Waals surface area contributed by atoms with Crippen LogP contribution in [0.4, 0.5) is 6.01 Å². The molecule has 0 amide bonds. The van der Waals surface area contributed by atoms with Gasteiger partial charge in [-0.2, -0.15) is 4.98 Å². The molecule has 0 saturated carbocycles. The molecule has 5 nitrogen and oxygen atoms in total. The number of oxazole rings is 1. The number of hydrogen-bond donors (Lipinski definition) is 1. The Morgan fingerprint density at radius 1 is 1.00 bits per heavy atom. The van der Waals surface area contributed by atoms with E-state index in [1.165, 1.54) is 5.56 Å². The number of anilines is 1. The lowest BCUT2D eigenvalue weighted by atomic mass is 10.1. The van der Waals surface area contributed by atoms with Crippen molar-refractivity contribution in [2.45, 2.75) is 13.0 Å². The number of piperazine rings is 1. The average molecular weight is 361 g/mol. The number of nitrogens with zero attached hydrogens (tertiary/aromatic N) is 3. The third-order valence-corrected chi connectivity index (χ3v) is 4.76. The second kappa shape index (κ2) is 8.26. The highest BCUT2D eigenvalue weighted by atomic mass is 16.4. The third kappa shape index (κ3) is 4.30. The highest BCUT2D eigenvalue weighted by Crippen LogP contribution is 2.22. The number of para-hydroxylation sites is 2. The van der Waals surface area contributed by atoms with Gasteiger partial charge in [0.15, 0.2) is 5.58 Å². The summed E-state index contributed by atoms with van der Waals surface area (Å²) in [4.78, 5) is 9.27. The molecule has 27 heavy (non-hydrogen) atoms. The van der Waals surface area contributed by atoms with Crippen LogP contribution in [0.25, 0.3) is 11.1 Å². The molecule has 138 valence electrons. The molecule has 1 N–H and O–H groups in total. The molecule has 0 aliphatic carbocycles. The Bertz CT molecular complexity index is 912. The van der Waals surface area contributed by atoms with Crippen LogP contribution < -0.4 is 4.90 Å². The fraction of sp³-hybridized carbons (Fsp3) is 0.318. The van der Waals surface area contributed by atoms with Crippen LogP contribution in [-0.4, -0.2) is 47.8 Å². The largest absolute Gasteiger partial charge is 0.423 e. The van der Waals surface area contributed by atoms with Crippen molar-refractivity contribution in [1.82, 2.24) is 9.88 Å². The van der Waals surface area contributed by atoms with Crippen LogP contribution in [-0.2, 0) is 6.54 Å². The highest BCUT2D eigenvalue weighted by molar-refractivity contribution is 5.74. The Morgan fingerprint density at radius 2 is 1.78 bits per heavy atom. The van der Waals surface area contributed by atoms with Gasteiger partial charge in [-0.25, -0.2) is 0 Å². The second-order valence-electron chi connectivity index (χ2n) is 6.70. The molecule has 1 saturated heterocycles. The van der Waals surface area contributed by atoms with Crippen molar-refractivity contribution in [2.75, 3.05) is 37.7 Å². The van der Waals surface area contributed by atoms with E-state index in [9.17, 15) is 0 Å². The number of benzene rings is 2. The van der Waals surface area contributed by atoms with Crippen molar-refractivity contribution in [3.8, 4) is 11.8 Å². The normalized spacial score (nSPS) is 14.9. The summed E-state index contributed by atoms with van der Waals surface area (Å²) in [5.74, 6) is 6.02. The SMILES string of the molecule is OCCC#Cc1ccc(CN2CCN(c3nc4ccccc4o3)CC2)cc1. The van der Waals surface area contributed by atoms with Gasteiger partial charge in [-0.1, -0.05) is 36.1 Å². The average Bonchev–Trinajstić information content (AvgIpc) is 3.14. The smallest absolute Gasteiger partial charge is 0.298 e. The third-order valence-electron chi connectivity index (χ3n) is 4.76. The van der Waals surface area contributed by atoms with Gasteiger partial charge in [-0.3, -0.25) is 4.90 Å². The molecule has 4 rings (SSSR count). The molecule has 0 unspecified atom stereocenters. The molecule has 0 spiro atoms. The maximum atomic E-state index is 8.78. The summed E-state index contributed by atoms with van der Waals surface area (Å²) >= 11 is 0. The summed E-state index contributed by atoms with van der Waals surface area (Å²) in [5, 5.41) is 8.78. The Morgan fingerprint density at radius 3 is 2.52 bits per heavy atom. The van der Waals surface area contributed by atoms with Crippen LogP contribution in [0, 0.1) is 11.8 Å². The van der Waals surface area contributed by atoms with Gasteiger partial charge in [0.1, 0.15) is 5.52 Å². The summed E-state index contributed by atoms with van der Waals surface area (Å²) < 4.78 is 5.88. The quantitative estimate of drug-likeness (QED) is 0.724. The predicted octanol–water partition coefficient (Wildman–Crippen LogP) is 2.88. The van der Waals surface area contributed by atoms with Crippen molar-refractivity contribution in [1.29, 1.82) is 0 Å². The van der Waals surface area contributed by atoms with E-state index >= 15 is 0 Å². The summed E-state index contributed by atoms with van der Waals surface area (Å²) in [6.07, 6.45) is 0.520. The molecular weight excluding hydrogens is 338 g/mol. The zero-order valence-electron chi connectivity index (χ0n) is 15.3. The van der Waals surface area contributed by atoms with Gasteiger partial charge >= 0.3 is 0 Å². The van der Waals surface area contributed by atoms with Crippen molar-refractivity contribution in [3.63, 3.8) is 0 Å². The number of aliphatic hydroxyl groups is 1. The molecular formula is C22H23N3O2. The molecule has 2 aromatic carbocycles. The lowest BCUT2D eigenvalue weighted by Crippen LogP contribution is -2.46. The second-order valence-corrected chi connectivity index (χ2v) is 6.70. The van der Waals surface area contributed by atoms with Gasteiger partial charge in [0, 0.05) is 44.7 Å². The first-order valence-corrected chi connectivity index (χ1v) is 9.33. The maximum Gasteiger partial charge on any atom is 0.298 e. The fourth-order valence-electron chi connectivity index (χ4n) is 3.26. The Labute approximate surface area is 159 Å². The van der Waals surface area contributed by atoms with E-state index in [0.717, 1.165) is 55.4 Å². The Kier molecular flexibility index (Phi) is 5.38. The lowest BCUT2D eigenvalue weighted by molar-refractivity contribution is 0.245. The van der Waals surface area contributed by atoms with Crippen LogP contribution in [0.3, 0.4) is 0 Å². The first-order chi connectivity index (χ1) is 13.3.